The fourth-order valence-corrected chi connectivity index (χ4v) is 4.33. The summed E-state index contributed by atoms with van der Waals surface area (Å²) in [4.78, 5) is 0.174. The van der Waals surface area contributed by atoms with E-state index >= 15 is 0 Å². The Bertz CT molecular complexity index is 1010. The van der Waals surface area contributed by atoms with E-state index in [1.54, 1.807) is 42.8 Å². The molecule has 0 radical (unpaired) electrons. The molecule has 0 saturated heterocycles. The average Bonchev–Trinajstić information content (AvgIpc) is 2.92. The highest BCUT2D eigenvalue weighted by Gasteiger charge is 2.26. The summed E-state index contributed by atoms with van der Waals surface area (Å²) < 4.78 is 35.8. The minimum Gasteiger partial charge on any atom is -0.492 e. The van der Waals surface area contributed by atoms with Gasteiger partial charge in [-0.25, -0.2) is 13.1 Å². The molecule has 1 heterocycles. The first kappa shape index (κ1) is 18.0. The molecule has 0 aliphatic rings. The highest BCUT2D eigenvalue weighted by atomic mass is 32.2. The van der Waals surface area contributed by atoms with E-state index in [1.165, 1.54) is 0 Å². The third-order valence-electron chi connectivity index (χ3n) is 3.93. The Labute approximate surface area is 153 Å². The van der Waals surface area contributed by atoms with E-state index in [1.807, 2.05) is 37.3 Å². The molecule has 7 heteroatoms. The van der Waals surface area contributed by atoms with Gasteiger partial charge < -0.3 is 4.74 Å². The van der Waals surface area contributed by atoms with Crippen LogP contribution in [0, 0.1) is 13.8 Å². The largest absolute Gasteiger partial charge is 0.492 e. The van der Waals surface area contributed by atoms with Gasteiger partial charge in [-0.15, -0.1) is 0 Å². The first-order valence-electron chi connectivity index (χ1n) is 8.30. The van der Waals surface area contributed by atoms with Crippen molar-refractivity contribution in [2.75, 3.05) is 11.3 Å². The van der Waals surface area contributed by atoms with Crippen molar-refractivity contribution in [3.8, 4) is 11.4 Å². The van der Waals surface area contributed by atoms with E-state index < -0.39 is 10.0 Å². The smallest absolute Gasteiger partial charge is 0.265 e. The van der Waals surface area contributed by atoms with Gasteiger partial charge in [0.1, 0.15) is 10.6 Å². The molecule has 1 N–H and O–H groups in total. The van der Waals surface area contributed by atoms with Gasteiger partial charge >= 0.3 is 0 Å². The number of benzene rings is 2. The summed E-state index contributed by atoms with van der Waals surface area (Å²) in [5.41, 5.74) is 2.20. The highest BCUT2D eigenvalue weighted by molar-refractivity contribution is 7.92. The predicted octanol–water partition coefficient (Wildman–Crippen LogP) is 3.69. The Kier molecular flexibility index (Phi) is 4.99. The second-order valence-corrected chi connectivity index (χ2v) is 7.40. The van der Waals surface area contributed by atoms with Crippen molar-refractivity contribution in [3.63, 3.8) is 0 Å². The van der Waals surface area contributed by atoms with E-state index in [0.717, 1.165) is 5.69 Å². The van der Waals surface area contributed by atoms with Crippen molar-refractivity contribution in [2.24, 2.45) is 0 Å². The van der Waals surface area contributed by atoms with Crippen LogP contribution >= 0.6 is 0 Å². The van der Waals surface area contributed by atoms with E-state index in [4.69, 9.17) is 4.74 Å². The lowest BCUT2D eigenvalue weighted by Gasteiger charge is -2.13. The van der Waals surface area contributed by atoms with Crippen LogP contribution in [0.1, 0.15) is 18.3 Å². The molecule has 136 valence electrons. The van der Waals surface area contributed by atoms with Gasteiger partial charge in [-0.1, -0.05) is 30.3 Å². The molecule has 0 saturated carbocycles. The van der Waals surface area contributed by atoms with Crippen LogP contribution < -0.4 is 9.46 Å². The van der Waals surface area contributed by atoms with Crippen molar-refractivity contribution in [1.29, 1.82) is 0 Å². The Morgan fingerprint density at radius 2 is 1.69 bits per heavy atom. The van der Waals surface area contributed by atoms with Gasteiger partial charge in [0.05, 0.1) is 29.4 Å². The van der Waals surface area contributed by atoms with Crippen LogP contribution in [0.5, 0.6) is 5.75 Å². The highest BCUT2D eigenvalue weighted by Crippen LogP contribution is 2.29. The van der Waals surface area contributed by atoms with Crippen LogP contribution in [0.4, 0.5) is 5.69 Å². The Hall–Kier alpha value is -2.80. The average molecular weight is 371 g/mol. The van der Waals surface area contributed by atoms with Gasteiger partial charge in [0, 0.05) is 0 Å². The number of aromatic nitrogens is 2. The maximum atomic E-state index is 13.0. The number of sulfonamides is 1. The van der Waals surface area contributed by atoms with Crippen molar-refractivity contribution in [1.82, 2.24) is 9.78 Å². The molecule has 0 fully saturated rings. The van der Waals surface area contributed by atoms with E-state index in [0.29, 0.717) is 29.4 Å². The summed E-state index contributed by atoms with van der Waals surface area (Å²) in [6.07, 6.45) is 0. The SMILES string of the molecule is CCOc1ccccc1NS(=O)(=O)c1c(C)nn(-c2ccccc2)c1C. The summed E-state index contributed by atoms with van der Waals surface area (Å²) in [5, 5.41) is 4.41. The second-order valence-electron chi connectivity index (χ2n) is 5.78. The summed E-state index contributed by atoms with van der Waals surface area (Å²) >= 11 is 0. The lowest BCUT2D eigenvalue weighted by molar-refractivity contribution is 0.342. The number of anilines is 1. The van der Waals surface area contributed by atoms with Crippen LogP contribution in [-0.2, 0) is 10.0 Å². The maximum Gasteiger partial charge on any atom is 0.265 e. The molecule has 1 aromatic heterocycles. The van der Waals surface area contributed by atoms with Gasteiger partial charge in [-0.05, 0) is 45.0 Å². The molecule has 3 aromatic rings. The molecule has 0 bridgehead atoms. The lowest BCUT2D eigenvalue weighted by atomic mass is 10.3. The van der Waals surface area contributed by atoms with Crippen LogP contribution in [0.25, 0.3) is 5.69 Å². The van der Waals surface area contributed by atoms with Crippen LogP contribution in [-0.4, -0.2) is 24.8 Å². The standard InChI is InChI=1S/C19H21N3O3S/c1-4-25-18-13-9-8-12-17(18)21-26(23,24)19-14(2)20-22(15(19)3)16-10-6-5-7-11-16/h5-13,21H,4H2,1-3H3. The number of ether oxygens (including phenoxy) is 1. The molecule has 6 nitrogen and oxygen atoms in total. The van der Waals surface area contributed by atoms with Crippen molar-refractivity contribution >= 4 is 15.7 Å². The van der Waals surface area contributed by atoms with Crippen LogP contribution in [0.3, 0.4) is 0 Å². The number of para-hydroxylation sites is 3. The maximum absolute atomic E-state index is 13.0. The lowest BCUT2D eigenvalue weighted by Crippen LogP contribution is -2.15. The summed E-state index contributed by atoms with van der Waals surface area (Å²) in [6.45, 7) is 5.73. The molecular weight excluding hydrogens is 350 g/mol. The number of nitrogens with zero attached hydrogens (tertiary/aromatic N) is 2. The molecule has 3 rings (SSSR count). The number of rotatable bonds is 6. The fourth-order valence-electron chi connectivity index (χ4n) is 2.87. The van der Waals surface area contributed by atoms with Gasteiger partial charge in [0.2, 0.25) is 0 Å². The molecule has 0 aliphatic carbocycles. The molecule has 26 heavy (non-hydrogen) atoms. The minimum absolute atomic E-state index is 0.174. The molecular formula is C19H21N3O3S. The zero-order chi connectivity index (χ0) is 18.7. The van der Waals surface area contributed by atoms with Crippen LogP contribution in [0.15, 0.2) is 59.5 Å². The molecule has 0 aliphatic heterocycles. The number of hydrogen-bond donors (Lipinski definition) is 1. The monoisotopic (exact) mass is 371 g/mol. The predicted molar refractivity (Wildman–Crippen MR) is 101 cm³/mol. The van der Waals surface area contributed by atoms with E-state index in [-0.39, 0.29) is 4.90 Å². The molecule has 2 aromatic carbocycles. The molecule has 0 unspecified atom stereocenters. The third-order valence-corrected chi connectivity index (χ3v) is 5.54. The van der Waals surface area contributed by atoms with Gasteiger partial charge in [-0.2, -0.15) is 5.10 Å². The minimum atomic E-state index is -3.82. The normalized spacial score (nSPS) is 11.3. The van der Waals surface area contributed by atoms with Crippen molar-refractivity contribution in [3.05, 3.63) is 66.0 Å². The molecule has 0 amide bonds. The topological polar surface area (TPSA) is 73.2 Å². The number of aryl methyl sites for hydroxylation is 1. The first-order chi connectivity index (χ1) is 12.4. The summed E-state index contributed by atoms with van der Waals surface area (Å²) in [5.74, 6) is 0.490. The van der Waals surface area contributed by atoms with Gasteiger partial charge in [0.25, 0.3) is 10.0 Å². The second kappa shape index (κ2) is 7.21. The third kappa shape index (κ3) is 3.43. The van der Waals surface area contributed by atoms with Crippen molar-refractivity contribution < 1.29 is 13.2 Å². The summed E-state index contributed by atoms with van der Waals surface area (Å²) in [7, 11) is -3.82. The quantitative estimate of drug-likeness (QED) is 0.717. The summed E-state index contributed by atoms with van der Waals surface area (Å²) in [6, 6.07) is 16.4. The Balaban J connectivity index is 2.02. The Morgan fingerprint density at radius 3 is 2.38 bits per heavy atom. The number of nitrogens with one attached hydrogen (secondary N) is 1. The molecule has 0 spiro atoms. The first-order valence-corrected chi connectivity index (χ1v) is 9.78. The Morgan fingerprint density at radius 1 is 1.04 bits per heavy atom. The zero-order valence-corrected chi connectivity index (χ0v) is 15.7. The van der Waals surface area contributed by atoms with Crippen LogP contribution in [0.2, 0.25) is 0 Å². The van der Waals surface area contributed by atoms with Gasteiger partial charge in [0.15, 0.2) is 0 Å². The number of hydrogen-bond acceptors (Lipinski definition) is 4. The van der Waals surface area contributed by atoms with Crippen molar-refractivity contribution in [2.45, 2.75) is 25.7 Å². The van der Waals surface area contributed by atoms with Gasteiger partial charge in [-0.3, -0.25) is 4.72 Å². The van der Waals surface area contributed by atoms with E-state index in [2.05, 4.69) is 9.82 Å². The molecule has 0 atom stereocenters. The van der Waals surface area contributed by atoms with E-state index in [9.17, 15) is 8.42 Å². The zero-order valence-electron chi connectivity index (χ0n) is 14.9. The fraction of sp³-hybridized carbons (Fsp3) is 0.211.